The summed E-state index contributed by atoms with van der Waals surface area (Å²) >= 11 is 11.8. The van der Waals surface area contributed by atoms with Gasteiger partial charge in [0.25, 0.3) is 0 Å². The van der Waals surface area contributed by atoms with Crippen molar-refractivity contribution in [3.63, 3.8) is 0 Å². The largest absolute Gasteiger partial charge is 0.433 e. The molecule has 0 unspecified atom stereocenters. The molecule has 0 saturated heterocycles. The number of anilines is 2. The summed E-state index contributed by atoms with van der Waals surface area (Å²) in [4.78, 5) is 11.9. The van der Waals surface area contributed by atoms with Crippen LogP contribution in [0.3, 0.4) is 0 Å². The van der Waals surface area contributed by atoms with Crippen molar-refractivity contribution in [1.82, 2.24) is 0 Å². The molecule has 1 amide bonds. The van der Waals surface area contributed by atoms with Gasteiger partial charge >= 0.3 is 6.61 Å². The van der Waals surface area contributed by atoms with Crippen LogP contribution in [0.4, 0.5) is 20.2 Å². The number of alkyl halides is 2. The normalized spacial score (nSPS) is 10.5. The van der Waals surface area contributed by atoms with Crippen LogP contribution in [0.25, 0.3) is 0 Å². The molecule has 0 saturated carbocycles. The Morgan fingerprint density at radius 2 is 1.87 bits per heavy atom. The fraction of sp³-hybridized carbons (Fsp3) is 0.133. The zero-order valence-corrected chi connectivity index (χ0v) is 13.2. The summed E-state index contributed by atoms with van der Waals surface area (Å²) in [6.07, 6.45) is 0. The smallest absolute Gasteiger partial charge is 0.387 e. The van der Waals surface area contributed by atoms with Gasteiger partial charge in [-0.25, -0.2) is 0 Å². The maximum Gasteiger partial charge on any atom is 0.387 e. The van der Waals surface area contributed by atoms with Crippen LogP contribution in [0.1, 0.15) is 0 Å². The summed E-state index contributed by atoms with van der Waals surface area (Å²) in [5.41, 5.74) is 0.991. The van der Waals surface area contributed by atoms with Gasteiger partial charge in [0, 0.05) is 5.69 Å². The Morgan fingerprint density at radius 3 is 2.52 bits per heavy atom. The van der Waals surface area contributed by atoms with E-state index in [0.29, 0.717) is 16.4 Å². The van der Waals surface area contributed by atoms with Gasteiger partial charge in [-0.3, -0.25) is 4.79 Å². The van der Waals surface area contributed by atoms with Gasteiger partial charge < -0.3 is 15.4 Å². The Morgan fingerprint density at radius 1 is 1.13 bits per heavy atom. The summed E-state index contributed by atoms with van der Waals surface area (Å²) < 4.78 is 28.5. The van der Waals surface area contributed by atoms with E-state index in [0.717, 1.165) is 0 Å². The maximum absolute atomic E-state index is 12.1. The van der Waals surface area contributed by atoms with E-state index in [9.17, 15) is 13.6 Å². The van der Waals surface area contributed by atoms with E-state index in [-0.39, 0.29) is 23.2 Å². The van der Waals surface area contributed by atoms with Crippen LogP contribution in [0, 0.1) is 0 Å². The SMILES string of the molecule is O=C(CNc1ccccc1Cl)Nc1ccc(OC(F)F)c(Cl)c1. The van der Waals surface area contributed by atoms with Crippen LogP contribution in [0.2, 0.25) is 10.0 Å². The molecule has 23 heavy (non-hydrogen) atoms. The quantitative estimate of drug-likeness (QED) is 0.788. The van der Waals surface area contributed by atoms with Gasteiger partial charge in [-0.05, 0) is 30.3 Å². The van der Waals surface area contributed by atoms with Crippen LogP contribution >= 0.6 is 23.2 Å². The number of para-hydroxylation sites is 1. The lowest BCUT2D eigenvalue weighted by Crippen LogP contribution is -2.21. The number of nitrogens with one attached hydrogen (secondary N) is 2. The molecular formula is C15H12Cl2F2N2O2. The molecule has 0 aliphatic heterocycles. The zero-order chi connectivity index (χ0) is 16.8. The minimum absolute atomic E-state index is 0.0172. The van der Waals surface area contributed by atoms with Crippen molar-refractivity contribution < 1.29 is 18.3 Å². The molecule has 0 aliphatic carbocycles. The van der Waals surface area contributed by atoms with Crippen molar-refractivity contribution >= 4 is 40.5 Å². The number of hydrogen-bond acceptors (Lipinski definition) is 3. The molecule has 2 aromatic rings. The second-order valence-corrected chi connectivity index (χ2v) is 5.22. The standard InChI is InChI=1S/C15H12Cl2F2N2O2/c16-10-3-1-2-4-12(10)20-8-14(22)21-9-5-6-13(11(17)7-9)23-15(18)19/h1-7,15,20H,8H2,(H,21,22). The predicted molar refractivity (Wildman–Crippen MR) is 86.7 cm³/mol. The van der Waals surface area contributed by atoms with Crippen LogP contribution in [-0.4, -0.2) is 19.1 Å². The van der Waals surface area contributed by atoms with Gasteiger partial charge in [0.05, 0.1) is 22.3 Å². The van der Waals surface area contributed by atoms with Crippen molar-refractivity contribution in [2.45, 2.75) is 6.61 Å². The number of rotatable bonds is 6. The highest BCUT2D eigenvalue weighted by atomic mass is 35.5. The van der Waals surface area contributed by atoms with Crippen molar-refractivity contribution in [3.8, 4) is 5.75 Å². The number of hydrogen-bond donors (Lipinski definition) is 2. The Hall–Kier alpha value is -2.05. The molecular weight excluding hydrogens is 349 g/mol. The minimum atomic E-state index is -2.97. The Balaban J connectivity index is 1.93. The van der Waals surface area contributed by atoms with Crippen LogP contribution in [0.15, 0.2) is 42.5 Å². The van der Waals surface area contributed by atoms with E-state index in [2.05, 4.69) is 15.4 Å². The van der Waals surface area contributed by atoms with E-state index in [4.69, 9.17) is 23.2 Å². The van der Waals surface area contributed by atoms with Crippen LogP contribution in [0.5, 0.6) is 5.75 Å². The van der Waals surface area contributed by atoms with E-state index in [1.165, 1.54) is 18.2 Å². The first-order valence-electron chi connectivity index (χ1n) is 6.48. The number of benzene rings is 2. The molecule has 4 nitrogen and oxygen atoms in total. The molecule has 0 fully saturated rings. The molecule has 2 rings (SSSR count). The van der Waals surface area contributed by atoms with Crippen molar-refractivity contribution in [2.24, 2.45) is 0 Å². The van der Waals surface area contributed by atoms with Gasteiger partial charge in [-0.1, -0.05) is 35.3 Å². The molecule has 2 N–H and O–H groups in total. The lowest BCUT2D eigenvalue weighted by Gasteiger charge is -2.11. The minimum Gasteiger partial charge on any atom is -0.433 e. The third-order valence-electron chi connectivity index (χ3n) is 2.74. The highest BCUT2D eigenvalue weighted by Gasteiger charge is 2.10. The van der Waals surface area contributed by atoms with Crippen molar-refractivity contribution in [1.29, 1.82) is 0 Å². The van der Waals surface area contributed by atoms with Crippen molar-refractivity contribution in [3.05, 3.63) is 52.5 Å². The van der Waals surface area contributed by atoms with Gasteiger partial charge in [0.15, 0.2) is 0 Å². The second kappa shape index (κ2) is 7.99. The monoisotopic (exact) mass is 360 g/mol. The summed E-state index contributed by atoms with van der Waals surface area (Å²) in [7, 11) is 0. The summed E-state index contributed by atoms with van der Waals surface area (Å²) in [6, 6.07) is 11.0. The topological polar surface area (TPSA) is 50.4 Å². The number of carbonyl (C=O) groups excluding carboxylic acids is 1. The Bertz CT molecular complexity index is 699. The molecule has 0 aliphatic rings. The third-order valence-corrected chi connectivity index (χ3v) is 3.37. The molecule has 0 radical (unpaired) electrons. The second-order valence-electron chi connectivity index (χ2n) is 4.41. The van der Waals surface area contributed by atoms with Gasteiger partial charge in [0.2, 0.25) is 5.91 Å². The van der Waals surface area contributed by atoms with Crippen LogP contribution in [-0.2, 0) is 4.79 Å². The molecule has 0 atom stereocenters. The van der Waals surface area contributed by atoms with E-state index in [1.807, 2.05) is 0 Å². The first-order valence-corrected chi connectivity index (χ1v) is 7.24. The predicted octanol–water partition coefficient (Wildman–Crippen LogP) is 4.65. The molecule has 2 aromatic carbocycles. The molecule has 0 spiro atoms. The molecule has 8 heteroatoms. The molecule has 0 bridgehead atoms. The highest BCUT2D eigenvalue weighted by molar-refractivity contribution is 6.33. The lowest BCUT2D eigenvalue weighted by atomic mass is 10.3. The first kappa shape index (κ1) is 17.3. The van der Waals surface area contributed by atoms with E-state index < -0.39 is 6.61 Å². The fourth-order valence-corrected chi connectivity index (χ4v) is 2.18. The summed E-state index contributed by atoms with van der Waals surface area (Å²) in [5, 5.41) is 5.94. The number of amides is 1. The lowest BCUT2D eigenvalue weighted by molar-refractivity contribution is -0.114. The maximum atomic E-state index is 12.1. The van der Waals surface area contributed by atoms with Crippen LogP contribution < -0.4 is 15.4 Å². The number of carbonyl (C=O) groups is 1. The van der Waals surface area contributed by atoms with Gasteiger partial charge in [-0.2, -0.15) is 8.78 Å². The summed E-state index contributed by atoms with van der Waals surface area (Å²) in [6.45, 7) is -2.98. The van der Waals surface area contributed by atoms with E-state index in [1.54, 1.807) is 24.3 Å². The van der Waals surface area contributed by atoms with E-state index >= 15 is 0 Å². The molecule has 122 valence electrons. The first-order chi connectivity index (χ1) is 11.0. The Kier molecular flexibility index (Phi) is 6.01. The number of halogens is 4. The zero-order valence-electron chi connectivity index (χ0n) is 11.7. The average molecular weight is 361 g/mol. The molecule has 0 heterocycles. The van der Waals surface area contributed by atoms with Gasteiger partial charge in [-0.15, -0.1) is 0 Å². The fourth-order valence-electron chi connectivity index (χ4n) is 1.76. The molecule has 0 aromatic heterocycles. The van der Waals surface area contributed by atoms with Gasteiger partial charge in [0.1, 0.15) is 5.75 Å². The highest BCUT2D eigenvalue weighted by Crippen LogP contribution is 2.29. The Labute approximate surface area is 141 Å². The number of ether oxygens (including phenoxy) is 1. The average Bonchev–Trinajstić information content (AvgIpc) is 2.49. The summed E-state index contributed by atoms with van der Waals surface area (Å²) in [5.74, 6) is -0.502. The van der Waals surface area contributed by atoms with Crippen molar-refractivity contribution in [2.75, 3.05) is 17.2 Å². The third kappa shape index (κ3) is 5.26.